The Morgan fingerprint density at radius 1 is 1.03 bits per heavy atom. The Bertz CT molecular complexity index is 1220. The van der Waals surface area contributed by atoms with Crippen LogP contribution in [0.2, 0.25) is 10.0 Å². The Balaban J connectivity index is 2.06. The second-order valence-electron chi connectivity index (χ2n) is 7.42. The first-order valence-electron chi connectivity index (χ1n) is 8.63. The van der Waals surface area contributed by atoms with Gasteiger partial charge in [0.2, 0.25) is 5.88 Å². The third-order valence-electron chi connectivity index (χ3n) is 4.12. The van der Waals surface area contributed by atoms with Crippen LogP contribution in [0.5, 0.6) is 5.88 Å². The van der Waals surface area contributed by atoms with E-state index in [4.69, 9.17) is 27.4 Å². The average molecular weight is 470 g/mol. The molecule has 158 valence electrons. The van der Waals surface area contributed by atoms with Crippen molar-refractivity contribution in [2.45, 2.75) is 31.1 Å². The van der Waals surface area contributed by atoms with Gasteiger partial charge in [0, 0.05) is 23.6 Å². The zero-order valence-electron chi connectivity index (χ0n) is 16.2. The summed E-state index contributed by atoms with van der Waals surface area (Å²) in [5.41, 5.74) is 0.414. The first kappa shape index (κ1) is 22.1. The van der Waals surface area contributed by atoms with Crippen LogP contribution in [-0.2, 0) is 15.5 Å². The molecule has 0 saturated carbocycles. The molecule has 0 N–H and O–H groups in total. The van der Waals surface area contributed by atoms with Gasteiger partial charge in [-0.1, -0.05) is 44.0 Å². The van der Waals surface area contributed by atoms with E-state index >= 15 is 0 Å². The molecule has 11 heteroatoms. The second-order valence-corrected chi connectivity index (χ2v) is 9.78. The fraction of sp³-hybridized carbons (Fsp3) is 0.211. The monoisotopic (exact) mass is 469 g/mol. The number of aromatic nitrogens is 2. The molecule has 3 aromatic rings. The van der Waals surface area contributed by atoms with Crippen LogP contribution in [0, 0.1) is 10.1 Å². The minimum Gasteiger partial charge on any atom is -0.358 e. The van der Waals surface area contributed by atoms with Gasteiger partial charge in [-0.25, -0.2) is 0 Å². The van der Waals surface area contributed by atoms with Gasteiger partial charge in [-0.15, -0.1) is 0 Å². The van der Waals surface area contributed by atoms with E-state index in [0.29, 0.717) is 16.4 Å². The van der Waals surface area contributed by atoms with Crippen molar-refractivity contribution >= 4 is 39.0 Å². The molecular weight excluding hydrogens is 453 g/mol. The van der Waals surface area contributed by atoms with Crippen molar-refractivity contribution in [1.82, 2.24) is 9.78 Å². The lowest BCUT2D eigenvalue weighted by atomic mass is 9.93. The highest BCUT2D eigenvalue weighted by Gasteiger charge is 2.26. The third kappa shape index (κ3) is 4.58. The molecule has 0 fully saturated rings. The van der Waals surface area contributed by atoms with Crippen LogP contribution in [0.3, 0.4) is 0 Å². The van der Waals surface area contributed by atoms with E-state index in [2.05, 4.69) is 5.10 Å². The molecule has 0 bridgehead atoms. The molecule has 1 heterocycles. The quantitative estimate of drug-likeness (QED) is 0.290. The van der Waals surface area contributed by atoms with Gasteiger partial charge in [0.15, 0.2) is 0 Å². The lowest BCUT2D eigenvalue weighted by Gasteiger charge is -2.14. The first-order valence-corrected chi connectivity index (χ1v) is 10.8. The van der Waals surface area contributed by atoms with Gasteiger partial charge in [-0.2, -0.15) is 18.2 Å². The maximum atomic E-state index is 12.8. The van der Waals surface area contributed by atoms with Crippen LogP contribution in [0.25, 0.3) is 5.69 Å². The van der Waals surface area contributed by atoms with E-state index < -0.39 is 20.5 Å². The summed E-state index contributed by atoms with van der Waals surface area (Å²) in [5.74, 6) is -0.0586. The number of benzene rings is 2. The summed E-state index contributed by atoms with van der Waals surface area (Å²) in [7, 11) is -4.28. The lowest BCUT2D eigenvalue weighted by Crippen LogP contribution is -2.13. The largest absolute Gasteiger partial charge is 0.358 e. The number of hydrogen-bond donors (Lipinski definition) is 0. The van der Waals surface area contributed by atoms with Gasteiger partial charge in [0.05, 0.1) is 26.3 Å². The van der Waals surface area contributed by atoms with Crippen molar-refractivity contribution in [1.29, 1.82) is 0 Å². The molecule has 0 saturated heterocycles. The van der Waals surface area contributed by atoms with Crippen LogP contribution in [0.15, 0.2) is 53.4 Å². The molecule has 2 aromatic carbocycles. The molecule has 30 heavy (non-hydrogen) atoms. The van der Waals surface area contributed by atoms with Crippen molar-refractivity contribution in [3.8, 4) is 11.6 Å². The molecule has 0 aliphatic heterocycles. The number of nitro benzene ring substituents is 1. The Kier molecular flexibility index (Phi) is 5.81. The fourth-order valence-electron chi connectivity index (χ4n) is 2.49. The van der Waals surface area contributed by atoms with E-state index in [-0.39, 0.29) is 21.5 Å². The van der Waals surface area contributed by atoms with E-state index in [1.165, 1.54) is 16.8 Å². The van der Waals surface area contributed by atoms with Crippen molar-refractivity contribution in [3.63, 3.8) is 0 Å². The summed E-state index contributed by atoms with van der Waals surface area (Å²) < 4.78 is 32.2. The standard InChI is InChI=1S/C19H17Cl2N3O5S/c1-19(2,3)17-11-18(23(22-17)13-6-9-15(20)16(21)10-13)29-30(27,28)14-7-4-12(5-8-14)24(25)26/h4-11H,1-3H3. The van der Waals surface area contributed by atoms with Gasteiger partial charge >= 0.3 is 10.1 Å². The molecular formula is C19H17Cl2N3O5S. The molecule has 3 rings (SSSR count). The highest BCUT2D eigenvalue weighted by Crippen LogP contribution is 2.32. The smallest absolute Gasteiger partial charge is 0.340 e. The zero-order chi connectivity index (χ0) is 22.3. The molecule has 8 nitrogen and oxygen atoms in total. The number of nitro groups is 1. The molecule has 1 aromatic heterocycles. The minimum absolute atomic E-state index is 0.0586. The number of rotatable bonds is 5. The predicted octanol–water partition coefficient (Wildman–Crippen LogP) is 5.15. The van der Waals surface area contributed by atoms with E-state index in [1.54, 1.807) is 12.1 Å². The van der Waals surface area contributed by atoms with Gasteiger partial charge in [-0.05, 0) is 30.3 Å². The van der Waals surface area contributed by atoms with Gasteiger partial charge in [-0.3, -0.25) is 10.1 Å². The number of non-ortho nitro benzene ring substituents is 1. The summed E-state index contributed by atoms with van der Waals surface area (Å²) in [5, 5.41) is 15.9. The van der Waals surface area contributed by atoms with Crippen molar-refractivity contribution in [2.75, 3.05) is 0 Å². The SMILES string of the molecule is CC(C)(C)c1cc(OS(=O)(=O)c2ccc([N+](=O)[O-])cc2)n(-c2ccc(Cl)c(Cl)c2)n1. The maximum absolute atomic E-state index is 12.8. The Hall–Kier alpha value is -2.62. The van der Waals surface area contributed by atoms with Gasteiger partial charge < -0.3 is 4.18 Å². The number of nitrogens with zero attached hydrogens (tertiary/aromatic N) is 3. The maximum Gasteiger partial charge on any atom is 0.340 e. The van der Waals surface area contributed by atoms with Crippen molar-refractivity contribution in [3.05, 3.63) is 74.4 Å². The fourth-order valence-corrected chi connectivity index (χ4v) is 3.69. The minimum atomic E-state index is -4.28. The van der Waals surface area contributed by atoms with Crippen molar-refractivity contribution < 1.29 is 17.5 Å². The van der Waals surface area contributed by atoms with E-state index in [0.717, 1.165) is 24.3 Å². The van der Waals surface area contributed by atoms with Crippen LogP contribution >= 0.6 is 23.2 Å². The Morgan fingerprint density at radius 3 is 2.20 bits per heavy atom. The predicted molar refractivity (Wildman–Crippen MR) is 113 cm³/mol. The summed E-state index contributed by atoms with van der Waals surface area (Å²) in [6.45, 7) is 5.76. The molecule has 0 unspecified atom stereocenters. The van der Waals surface area contributed by atoms with Crippen LogP contribution < -0.4 is 4.18 Å². The average Bonchev–Trinajstić information content (AvgIpc) is 3.07. The zero-order valence-corrected chi connectivity index (χ0v) is 18.5. The van der Waals surface area contributed by atoms with Crippen LogP contribution in [0.1, 0.15) is 26.5 Å². The highest BCUT2D eigenvalue weighted by molar-refractivity contribution is 7.87. The van der Waals surface area contributed by atoms with Crippen LogP contribution in [0.4, 0.5) is 5.69 Å². The molecule has 0 atom stereocenters. The summed E-state index contributed by atoms with van der Waals surface area (Å²) in [6.07, 6.45) is 0. The topological polar surface area (TPSA) is 104 Å². The molecule has 0 amide bonds. The summed E-state index contributed by atoms with van der Waals surface area (Å²) in [6, 6.07) is 10.6. The summed E-state index contributed by atoms with van der Waals surface area (Å²) in [4.78, 5) is 9.95. The molecule has 0 radical (unpaired) electrons. The molecule has 0 spiro atoms. The first-order chi connectivity index (χ1) is 13.9. The number of halogens is 2. The highest BCUT2D eigenvalue weighted by atomic mass is 35.5. The van der Waals surface area contributed by atoms with Crippen LogP contribution in [-0.4, -0.2) is 23.1 Å². The lowest BCUT2D eigenvalue weighted by molar-refractivity contribution is -0.384. The van der Waals surface area contributed by atoms with E-state index in [9.17, 15) is 18.5 Å². The Labute approximate surface area is 183 Å². The summed E-state index contributed by atoms with van der Waals surface area (Å²) >= 11 is 12.1. The second kappa shape index (κ2) is 7.90. The Morgan fingerprint density at radius 2 is 1.67 bits per heavy atom. The third-order valence-corrected chi connectivity index (χ3v) is 6.10. The van der Waals surface area contributed by atoms with Gasteiger partial charge in [0.1, 0.15) is 4.90 Å². The number of hydrogen-bond acceptors (Lipinski definition) is 6. The van der Waals surface area contributed by atoms with Gasteiger partial charge in [0.25, 0.3) is 5.69 Å². The molecule has 0 aliphatic carbocycles. The van der Waals surface area contributed by atoms with Crippen molar-refractivity contribution in [2.24, 2.45) is 0 Å². The molecule has 0 aliphatic rings. The van der Waals surface area contributed by atoms with E-state index in [1.807, 2.05) is 20.8 Å². The normalized spacial score (nSPS) is 12.0.